The summed E-state index contributed by atoms with van der Waals surface area (Å²) in [6.45, 7) is 3.04. The number of aryl methyl sites for hydroxylation is 2. The Kier molecular flexibility index (Phi) is 7.09. The molecule has 0 atom stereocenters. The highest BCUT2D eigenvalue weighted by Crippen LogP contribution is 2.28. The second-order valence-corrected chi connectivity index (χ2v) is 9.74. The van der Waals surface area contributed by atoms with E-state index >= 15 is 0 Å². The van der Waals surface area contributed by atoms with Crippen molar-refractivity contribution in [2.75, 3.05) is 18.3 Å². The summed E-state index contributed by atoms with van der Waals surface area (Å²) in [6, 6.07) is 16.7. The molecular formula is C24H23ClN2O5S. The van der Waals surface area contributed by atoms with Crippen LogP contribution in [0.2, 0.25) is 5.02 Å². The van der Waals surface area contributed by atoms with Gasteiger partial charge in [0.05, 0.1) is 4.90 Å². The molecule has 0 aliphatic rings. The van der Waals surface area contributed by atoms with E-state index in [9.17, 15) is 18.0 Å². The van der Waals surface area contributed by atoms with Crippen molar-refractivity contribution in [3.63, 3.8) is 0 Å². The maximum Gasteiger partial charge on any atom is 0.323 e. The molecule has 33 heavy (non-hydrogen) atoms. The molecule has 0 unspecified atom stereocenters. The fraction of sp³-hybridized carbons (Fsp3) is 0.167. The summed E-state index contributed by atoms with van der Waals surface area (Å²) in [5, 5.41) is 9.35. The standard InChI is InChI=1S/C24H23ClN2O5S/c1-15-12-22(16(2)11-21(15)25)33(31,32)26-20-6-4-5-19(13-20)17-7-9-18(10-8-17)24(30)27(3)14-23(28)29/h4-13,26H,14H2,1-3H3,(H,28,29). The molecule has 0 fully saturated rings. The Morgan fingerprint density at radius 2 is 1.64 bits per heavy atom. The Bertz CT molecular complexity index is 1320. The number of carbonyl (C=O) groups excluding carboxylic acids is 1. The zero-order valence-corrected chi connectivity index (χ0v) is 19.9. The number of benzene rings is 3. The minimum absolute atomic E-state index is 0.156. The van der Waals surface area contributed by atoms with Gasteiger partial charge in [0.25, 0.3) is 15.9 Å². The molecule has 0 saturated carbocycles. The number of nitrogens with zero attached hydrogens (tertiary/aromatic N) is 1. The Morgan fingerprint density at radius 1 is 0.970 bits per heavy atom. The van der Waals surface area contributed by atoms with Gasteiger partial charge in [-0.15, -0.1) is 0 Å². The van der Waals surface area contributed by atoms with Crippen LogP contribution in [0.15, 0.2) is 65.6 Å². The zero-order chi connectivity index (χ0) is 24.3. The average Bonchev–Trinajstić information content (AvgIpc) is 2.75. The summed E-state index contributed by atoms with van der Waals surface area (Å²) in [7, 11) is -2.41. The first-order valence-electron chi connectivity index (χ1n) is 9.95. The lowest BCUT2D eigenvalue weighted by atomic mass is 10.0. The predicted molar refractivity (Wildman–Crippen MR) is 128 cm³/mol. The molecule has 172 valence electrons. The number of sulfonamides is 1. The van der Waals surface area contributed by atoms with Crippen molar-refractivity contribution in [3.05, 3.63) is 82.4 Å². The number of amides is 1. The second kappa shape index (κ2) is 9.64. The van der Waals surface area contributed by atoms with Gasteiger partial charge in [-0.2, -0.15) is 0 Å². The van der Waals surface area contributed by atoms with Gasteiger partial charge in [-0.1, -0.05) is 35.9 Å². The van der Waals surface area contributed by atoms with Crippen molar-refractivity contribution in [2.24, 2.45) is 0 Å². The summed E-state index contributed by atoms with van der Waals surface area (Å²) in [6.07, 6.45) is 0. The molecule has 0 heterocycles. The molecule has 2 N–H and O–H groups in total. The van der Waals surface area contributed by atoms with Crippen molar-refractivity contribution in [3.8, 4) is 11.1 Å². The largest absolute Gasteiger partial charge is 0.480 e. The fourth-order valence-electron chi connectivity index (χ4n) is 3.32. The summed E-state index contributed by atoms with van der Waals surface area (Å²) in [5.74, 6) is -1.50. The SMILES string of the molecule is Cc1cc(S(=O)(=O)Nc2cccc(-c3ccc(C(=O)N(C)CC(=O)O)cc3)c2)c(C)cc1Cl. The molecule has 3 aromatic carbocycles. The molecule has 0 aromatic heterocycles. The Labute approximate surface area is 197 Å². The Hall–Kier alpha value is -3.36. The third-order valence-corrected chi connectivity index (χ3v) is 6.98. The predicted octanol–water partition coefficient (Wildman–Crippen LogP) is 4.58. The third-order valence-electron chi connectivity index (χ3n) is 5.04. The van der Waals surface area contributed by atoms with Gasteiger partial charge in [-0.25, -0.2) is 8.42 Å². The van der Waals surface area contributed by atoms with E-state index in [1.807, 2.05) is 6.07 Å². The van der Waals surface area contributed by atoms with Gasteiger partial charge in [0.1, 0.15) is 6.54 Å². The van der Waals surface area contributed by atoms with Crippen LogP contribution in [0.4, 0.5) is 5.69 Å². The van der Waals surface area contributed by atoms with Crippen molar-refractivity contribution in [2.45, 2.75) is 18.7 Å². The molecule has 0 radical (unpaired) electrons. The van der Waals surface area contributed by atoms with Crippen molar-refractivity contribution < 1.29 is 23.1 Å². The van der Waals surface area contributed by atoms with Crippen LogP contribution in [0.5, 0.6) is 0 Å². The number of hydrogen-bond acceptors (Lipinski definition) is 4. The number of carbonyl (C=O) groups is 2. The smallest absolute Gasteiger partial charge is 0.323 e. The Balaban J connectivity index is 1.83. The maximum absolute atomic E-state index is 13.0. The van der Waals surface area contributed by atoms with E-state index in [-0.39, 0.29) is 4.90 Å². The number of likely N-dealkylation sites (N-methyl/N-ethyl adjacent to an activating group) is 1. The quantitative estimate of drug-likeness (QED) is 0.508. The number of carboxylic acids is 1. The van der Waals surface area contributed by atoms with Crippen molar-refractivity contribution >= 4 is 39.2 Å². The number of carboxylic acid groups (broad SMARTS) is 1. The van der Waals surface area contributed by atoms with Gasteiger partial charge in [0.15, 0.2) is 0 Å². The van der Waals surface area contributed by atoms with Crippen molar-refractivity contribution in [1.82, 2.24) is 4.90 Å². The van der Waals surface area contributed by atoms with Gasteiger partial charge in [0.2, 0.25) is 0 Å². The van der Waals surface area contributed by atoms with Crippen LogP contribution in [-0.4, -0.2) is 43.9 Å². The minimum Gasteiger partial charge on any atom is -0.480 e. The number of nitrogens with one attached hydrogen (secondary N) is 1. The van der Waals surface area contributed by atoms with E-state index in [0.29, 0.717) is 27.4 Å². The maximum atomic E-state index is 13.0. The lowest BCUT2D eigenvalue weighted by Gasteiger charge is -2.15. The van der Waals surface area contributed by atoms with Gasteiger partial charge in [-0.05, 0) is 72.5 Å². The topological polar surface area (TPSA) is 104 Å². The molecule has 1 amide bonds. The highest BCUT2D eigenvalue weighted by molar-refractivity contribution is 7.92. The van der Waals surface area contributed by atoms with Gasteiger partial charge >= 0.3 is 5.97 Å². The van der Waals surface area contributed by atoms with Crippen LogP contribution in [0, 0.1) is 13.8 Å². The van der Waals surface area contributed by atoms with Crippen molar-refractivity contribution in [1.29, 1.82) is 0 Å². The van der Waals surface area contributed by atoms with Gasteiger partial charge in [0, 0.05) is 23.3 Å². The number of rotatable bonds is 7. The normalized spacial score (nSPS) is 11.2. The van der Waals surface area contributed by atoms with Crippen LogP contribution < -0.4 is 4.72 Å². The molecule has 0 saturated heterocycles. The molecule has 7 nitrogen and oxygen atoms in total. The van der Waals surface area contributed by atoms with E-state index in [4.69, 9.17) is 16.7 Å². The van der Waals surface area contributed by atoms with Crippen LogP contribution >= 0.6 is 11.6 Å². The number of anilines is 1. The van der Waals surface area contributed by atoms with Crippen LogP contribution in [0.3, 0.4) is 0 Å². The first-order valence-corrected chi connectivity index (χ1v) is 11.8. The molecule has 0 aliphatic heterocycles. The molecular weight excluding hydrogens is 464 g/mol. The minimum atomic E-state index is -3.83. The van der Waals surface area contributed by atoms with Gasteiger partial charge < -0.3 is 10.0 Å². The van der Waals surface area contributed by atoms with E-state index in [0.717, 1.165) is 16.0 Å². The van der Waals surface area contributed by atoms with Crippen LogP contribution in [0.1, 0.15) is 21.5 Å². The highest BCUT2D eigenvalue weighted by Gasteiger charge is 2.19. The lowest BCUT2D eigenvalue weighted by molar-refractivity contribution is -0.137. The molecule has 3 rings (SSSR count). The van der Waals surface area contributed by atoms with E-state index < -0.39 is 28.4 Å². The summed E-state index contributed by atoms with van der Waals surface area (Å²) < 4.78 is 28.5. The van der Waals surface area contributed by atoms with E-state index in [1.54, 1.807) is 68.4 Å². The lowest BCUT2D eigenvalue weighted by Crippen LogP contribution is -2.31. The second-order valence-electron chi connectivity index (χ2n) is 7.69. The monoisotopic (exact) mass is 486 g/mol. The van der Waals surface area contributed by atoms with Crippen LogP contribution in [-0.2, 0) is 14.8 Å². The Morgan fingerprint density at radius 3 is 2.27 bits per heavy atom. The van der Waals surface area contributed by atoms with E-state index in [2.05, 4.69) is 4.72 Å². The van der Waals surface area contributed by atoms with Crippen LogP contribution in [0.25, 0.3) is 11.1 Å². The van der Waals surface area contributed by atoms with Gasteiger partial charge in [-0.3, -0.25) is 14.3 Å². The molecule has 3 aromatic rings. The zero-order valence-electron chi connectivity index (χ0n) is 18.3. The highest BCUT2D eigenvalue weighted by atomic mass is 35.5. The number of aliphatic carboxylic acids is 1. The third kappa shape index (κ3) is 5.71. The summed E-state index contributed by atoms with van der Waals surface area (Å²) in [5.41, 5.74) is 3.47. The fourth-order valence-corrected chi connectivity index (χ4v) is 4.90. The number of halogens is 1. The van der Waals surface area contributed by atoms with E-state index in [1.165, 1.54) is 7.05 Å². The first kappa shape index (κ1) is 24.3. The molecule has 0 spiro atoms. The summed E-state index contributed by atoms with van der Waals surface area (Å²) in [4.78, 5) is 24.4. The molecule has 0 aliphatic carbocycles. The molecule has 9 heteroatoms. The number of hydrogen-bond donors (Lipinski definition) is 2. The first-order chi connectivity index (χ1) is 15.5. The average molecular weight is 487 g/mol. The summed E-state index contributed by atoms with van der Waals surface area (Å²) >= 11 is 6.09. The molecule has 0 bridgehead atoms.